The van der Waals surface area contributed by atoms with Crippen LogP contribution in [0.2, 0.25) is 0 Å². The number of ether oxygens (including phenoxy) is 1. The molecule has 1 aliphatic rings. The molecule has 0 N–H and O–H groups in total. The van der Waals surface area contributed by atoms with Crippen LogP contribution in [-0.2, 0) is 7.05 Å². The highest BCUT2D eigenvalue weighted by molar-refractivity contribution is 6.09. The van der Waals surface area contributed by atoms with Crippen LogP contribution in [0.5, 0.6) is 11.5 Å². The third-order valence-electron chi connectivity index (χ3n) is 5.90. The maximum atomic E-state index is 15.9. The van der Waals surface area contributed by atoms with E-state index in [-0.39, 0.29) is 5.82 Å². The van der Waals surface area contributed by atoms with Crippen LogP contribution in [0.3, 0.4) is 0 Å². The van der Waals surface area contributed by atoms with Gasteiger partial charge < -0.3 is 4.74 Å². The molecule has 0 unspecified atom stereocenters. The van der Waals surface area contributed by atoms with Crippen LogP contribution in [0.1, 0.15) is 5.56 Å². The van der Waals surface area contributed by atoms with E-state index in [9.17, 15) is 0 Å². The van der Waals surface area contributed by atoms with Crippen LogP contribution in [-0.4, -0.2) is 0 Å². The monoisotopic (exact) mass is 366 g/mol. The zero-order chi connectivity index (χ0) is 19.0. The molecule has 0 bridgehead atoms. The van der Waals surface area contributed by atoms with E-state index in [1.54, 1.807) is 0 Å². The van der Waals surface area contributed by atoms with Gasteiger partial charge in [-0.2, -0.15) is 4.57 Å². The zero-order valence-electron chi connectivity index (χ0n) is 15.6. The lowest BCUT2D eigenvalue weighted by Gasteiger charge is -2.22. The minimum Gasteiger partial charge on any atom is -0.447 e. The molecular formula is C25H17FNO+. The van der Waals surface area contributed by atoms with Gasteiger partial charge in [-0.3, -0.25) is 0 Å². The molecule has 0 spiro atoms. The molecule has 3 heteroatoms. The third kappa shape index (κ3) is 1.83. The first-order valence-corrected chi connectivity index (χ1v) is 9.38. The van der Waals surface area contributed by atoms with Crippen molar-refractivity contribution in [3.63, 3.8) is 0 Å². The smallest absolute Gasteiger partial charge is 0.260 e. The predicted octanol–water partition coefficient (Wildman–Crippen LogP) is 6.19. The summed E-state index contributed by atoms with van der Waals surface area (Å²) in [5.74, 6) is 0.716. The fourth-order valence-corrected chi connectivity index (χ4v) is 4.58. The number of hydrogen-bond acceptors (Lipinski definition) is 1. The first-order valence-electron chi connectivity index (χ1n) is 9.38. The number of rotatable bonds is 0. The second-order valence-electron chi connectivity index (χ2n) is 7.45. The van der Waals surface area contributed by atoms with Crippen molar-refractivity contribution in [1.82, 2.24) is 0 Å². The first-order chi connectivity index (χ1) is 13.6. The molecule has 4 aromatic carbocycles. The first kappa shape index (κ1) is 15.6. The van der Waals surface area contributed by atoms with Crippen molar-refractivity contribution >= 4 is 32.4 Å². The van der Waals surface area contributed by atoms with Gasteiger partial charge in [0.15, 0.2) is 5.82 Å². The summed E-state index contributed by atoms with van der Waals surface area (Å²) in [5, 5.41) is 4.66. The predicted molar refractivity (Wildman–Crippen MR) is 110 cm³/mol. The van der Waals surface area contributed by atoms with Crippen LogP contribution in [0.4, 0.5) is 4.39 Å². The Balaban J connectivity index is 1.87. The van der Waals surface area contributed by atoms with Crippen molar-refractivity contribution < 1.29 is 13.7 Å². The number of aryl methyl sites for hydroxylation is 2. The van der Waals surface area contributed by atoms with Gasteiger partial charge in [0.2, 0.25) is 11.3 Å². The topological polar surface area (TPSA) is 13.1 Å². The Morgan fingerprint density at radius 1 is 0.821 bits per heavy atom. The Bertz CT molecular complexity index is 1470. The lowest BCUT2D eigenvalue weighted by molar-refractivity contribution is -0.634. The van der Waals surface area contributed by atoms with Gasteiger partial charge in [0.1, 0.15) is 12.8 Å². The molecule has 28 heavy (non-hydrogen) atoms. The van der Waals surface area contributed by atoms with E-state index in [1.807, 2.05) is 49.5 Å². The minimum absolute atomic E-state index is 0.300. The van der Waals surface area contributed by atoms with Gasteiger partial charge in [-0.25, -0.2) is 4.39 Å². The summed E-state index contributed by atoms with van der Waals surface area (Å²) >= 11 is 0. The molecule has 0 radical (unpaired) electrons. The number of fused-ring (bicyclic) bond motifs is 5. The van der Waals surface area contributed by atoms with E-state index in [0.29, 0.717) is 16.9 Å². The average Bonchev–Trinajstić information content (AvgIpc) is 2.73. The molecule has 1 aromatic heterocycles. The lowest BCUT2D eigenvalue weighted by Crippen LogP contribution is -2.34. The van der Waals surface area contributed by atoms with E-state index in [1.165, 1.54) is 0 Å². The van der Waals surface area contributed by atoms with Gasteiger partial charge in [-0.05, 0) is 40.8 Å². The molecule has 5 aromatic rings. The SMILES string of the molecule is Cc1ccc2cccc3c2c1-c1c(c(F)c2c4ccccc4ccc2[n+]1C)O3. The number of hydrogen-bond donors (Lipinski definition) is 0. The molecule has 0 saturated heterocycles. The number of pyridine rings is 1. The molecule has 1 aliphatic heterocycles. The molecule has 0 saturated carbocycles. The van der Waals surface area contributed by atoms with Gasteiger partial charge in [-0.15, -0.1) is 0 Å². The van der Waals surface area contributed by atoms with Crippen LogP contribution in [0.15, 0.2) is 66.7 Å². The van der Waals surface area contributed by atoms with Crippen molar-refractivity contribution in [1.29, 1.82) is 0 Å². The quantitative estimate of drug-likeness (QED) is 0.231. The lowest BCUT2D eigenvalue weighted by atomic mass is 9.92. The zero-order valence-corrected chi connectivity index (χ0v) is 15.6. The van der Waals surface area contributed by atoms with Gasteiger partial charge in [0, 0.05) is 11.5 Å². The second kappa shape index (κ2) is 5.29. The van der Waals surface area contributed by atoms with Crippen molar-refractivity contribution in [3.05, 3.63) is 78.1 Å². The van der Waals surface area contributed by atoms with Gasteiger partial charge in [0.25, 0.3) is 5.69 Å². The summed E-state index contributed by atoms with van der Waals surface area (Å²) < 4.78 is 24.2. The summed E-state index contributed by atoms with van der Waals surface area (Å²) in [6.07, 6.45) is 0. The summed E-state index contributed by atoms with van der Waals surface area (Å²) in [5.41, 5.74) is 3.81. The Labute approximate surface area is 161 Å². The second-order valence-corrected chi connectivity index (χ2v) is 7.45. The normalized spacial score (nSPS) is 12.4. The minimum atomic E-state index is -0.300. The van der Waals surface area contributed by atoms with E-state index < -0.39 is 0 Å². The standard InChI is InChI=1S/C25H17FNO/c1-14-10-11-16-7-5-9-19-21(16)20(14)24-25(28-19)23(26)22-17-8-4-3-6-15(17)12-13-18(22)27(24)2/h3-13H,1-2H3/q+1. The molecule has 2 heterocycles. The Hall–Kier alpha value is -3.46. The van der Waals surface area contributed by atoms with E-state index in [0.717, 1.165) is 43.9 Å². The van der Waals surface area contributed by atoms with Crippen molar-refractivity contribution in [2.45, 2.75) is 6.92 Å². The Morgan fingerprint density at radius 2 is 1.61 bits per heavy atom. The van der Waals surface area contributed by atoms with Gasteiger partial charge in [-0.1, -0.05) is 48.5 Å². The highest BCUT2D eigenvalue weighted by Crippen LogP contribution is 2.48. The molecule has 0 atom stereocenters. The van der Waals surface area contributed by atoms with Crippen molar-refractivity contribution in [3.8, 4) is 22.8 Å². The van der Waals surface area contributed by atoms with Crippen molar-refractivity contribution in [2.24, 2.45) is 7.05 Å². The van der Waals surface area contributed by atoms with Crippen LogP contribution in [0.25, 0.3) is 43.7 Å². The largest absolute Gasteiger partial charge is 0.447 e. The molecule has 0 fully saturated rings. The van der Waals surface area contributed by atoms with E-state index in [4.69, 9.17) is 4.74 Å². The summed E-state index contributed by atoms with van der Waals surface area (Å²) in [6.45, 7) is 2.07. The van der Waals surface area contributed by atoms with Crippen LogP contribution < -0.4 is 9.30 Å². The summed E-state index contributed by atoms with van der Waals surface area (Å²) in [4.78, 5) is 0. The van der Waals surface area contributed by atoms with Crippen LogP contribution >= 0.6 is 0 Å². The maximum absolute atomic E-state index is 15.9. The maximum Gasteiger partial charge on any atom is 0.260 e. The summed E-state index contributed by atoms with van der Waals surface area (Å²) in [6, 6.07) is 22.1. The molecule has 2 nitrogen and oxygen atoms in total. The number of aromatic nitrogens is 1. The number of benzene rings is 4. The van der Waals surface area contributed by atoms with Crippen molar-refractivity contribution in [2.75, 3.05) is 0 Å². The molecule has 0 aliphatic carbocycles. The van der Waals surface area contributed by atoms with Gasteiger partial charge in [0.05, 0.1) is 10.9 Å². The third-order valence-corrected chi connectivity index (χ3v) is 5.90. The molecule has 0 amide bonds. The molecule has 6 rings (SSSR count). The van der Waals surface area contributed by atoms with E-state index >= 15 is 4.39 Å². The number of nitrogens with zero attached hydrogens (tertiary/aromatic N) is 1. The Morgan fingerprint density at radius 3 is 2.50 bits per heavy atom. The van der Waals surface area contributed by atoms with E-state index in [2.05, 4.69) is 35.8 Å². The average molecular weight is 366 g/mol. The van der Waals surface area contributed by atoms with Gasteiger partial charge >= 0.3 is 0 Å². The Kier molecular flexibility index (Phi) is 2.95. The molecular weight excluding hydrogens is 349 g/mol. The highest BCUT2D eigenvalue weighted by atomic mass is 19.1. The van der Waals surface area contributed by atoms with Crippen LogP contribution in [0, 0.1) is 12.7 Å². The number of halogens is 1. The highest BCUT2D eigenvalue weighted by Gasteiger charge is 2.34. The molecule has 134 valence electrons. The fourth-order valence-electron chi connectivity index (χ4n) is 4.58. The summed E-state index contributed by atoms with van der Waals surface area (Å²) in [7, 11) is 1.99. The fraction of sp³-hybridized carbons (Fsp3) is 0.0800.